The van der Waals surface area contributed by atoms with E-state index in [0.717, 1.165) is 22.1 Å². The van der Waals surface area contributed by atoms with E-state index in [2.05, 4.69) is 9.47 Å². The lowest BCUT2D eigenvalue weighted by atomic mass is 11.4. The lowest BCUT2D eigenvalue weighted by molar-refractivity contribution is 0.0637. The normalized spacial score (nSPS) is 10.2. The molecule has 0 aromatic heterocycles. The summed E-state index contributed by atoms with van der Waals surface area (Å²) < 4.78 is 18.8. The molecular weight excluding hydrogens is 176 g/mol. The molecule has 0 rings (SSSR count). The van der Waals surface area contributed by atoms with Gasteiger partial charge in [-0.25, -0.2) is 0 Å². The van der Waals surface area contributed by atoms with Crippen molar-refractivity contribution in [2.75, 3.05) is 27.8 Å². The summed E-state index contributed by atoms with van der Waals surface area (Å²) in [4.78, 5) is 0. The summed E-state index contributed by atoms with van der Waals surface area (Å²) in [6.45, 7) is 0.516. The van der Waals surface area contributed by atoms with E-state index in [1.807, 2.05) is 0 Å². The van der Waals surface area contributed by atoms with Gasteiger partial charge in [0, 0.05) is 14.2 Å². The van der Waals surface area contributed by atoms with Crippen molar-refractivity contribution in [1.29, 1.82) is 0 Å². The fraction of sp³-hybridized carbons (Fsp3) is 1.00. The van der Waals surface area contributed by atoms with E-state index in [1.54, 1.807) is 14.2 Å². The highest BCUT2D eigenvalue weighted by atomic mass is 33.1. The minimum absolute atomic E-state index is 0.258. The molecule has 0 saturated heterocycles. The predicted octanol–water partition coefficient (Wildman–Crippen LogP) is 1.44. The zero-order valence-electron chi connectivity index (χ0n) is 5.86. The molecule has 0 amide bonds. The van der Waals surface area contributed by atoms with Gasteiger partial charge in [-0.2, -0.15) is 0 Å². The largest absolute Gasteiger partial charge is 0.357 e. The molecule has 6 heteroatoms. The second-order valence-electron chi connectivity index (χ2n) is 1.18. The van der Waals surface area contributed by atoms with E-state index in [9.17, 15) is 0 Å². The van der Waals surface area contributed by atoms with Crippen LogP contribution in [0.5, 0.6) is 0 Å². The van der Waals surface area contributed by atoms with E-state index >= 15 is 0 Å². The summed E-state index contributed by atoms with van der Waals surface area (Å²) in [5, 5.41) is 0. The Balaban J connectivity index is 2.65. The molecule has 0 aromatic carbocycles. The van der Waals surface area contributed by atoms with Crippen LogP contribution in [0.25, 0.3) is 0 Å². The number of hydrogen-bond acceptors (Lipinski definition) is 6. The van der Waals surface area contributed by atoms with Crippen LogP contribution in [0, 0.1) is 0 Å². The maximum Gasteiger partial charge on any atom is 0.160 e. The first-order chi connectivity index (χ1) is 4.91. The fourth-order valence-electron chi connectivity index (χ4n) is 0.175. The molecule has 0 aliphatic carbocycles. The predicted molar refractivity (Wildman–Crippen MR) is 41.1 cm³/mol. The highest BCUT2D eigenvalue weighted by molar-refractivity contribution is 8.73. The molecule has 0 heterocycles. The molecule has 0 unspecified atom stereocenters. The number of methoxy groups -OCH3 is 2. The molecule has 0 bridgehead atoms. The summed E-state index contributed by atoms with van der Waals surface area (Å²) >= 11 is 2.21. The summed E-state index contributed by atoms with van der Waals surface area (Å²) in [7, 11) is 3.11. The van der Waals surface area contributed by atoms with Crippen LogP contribution in [-0.2, 0) is 17.8 Å². The quantitative estimate of drug-likeness (QED) is 0.259. The fourth-order valence-corrected chi connectivity index (χ4v) is 0.996. The molecule has 0 spiro atoms. The Hall–Kier alpha value is 0.540. The lowest BCUT2D eigenvalue weighted by Crippen LogP contribution is -1.88. The molecule has 0 saturated carbocycles. The lowest BCUT2D eigenvalue weighted by Gasteiger charge is -1.99. The van der Waals surface area contributed by atoms with Crippen LogP contribution in [0.2, 0.25) is 0 Å². The van der Waals surface area contributed by atoms with Gasteiger partial charge in [-0.1, -0.05) is 0 Å². The molecule has 0 atom stereocenters. The van der Waals surface area contributed by atoms with Crippen LogP contribution in [0.3, 0.4) is 0 Å². The Morgan fingerprint density at radius 3 is 1.60 bits per heavy atom. The molecule has 0 radical (unpaired) electrons. The first kappa shape index (κ1) is 10.5. The second-order valence-corrected chi connectivity index (χ2v) is 2.74. The van der Waals surface area contributed by atoms with Gasteiger partial charge in [0.1, 0.15) is 0 Å². The molecule has 0 aliphatic rings. The summed E-state index contributed by atoms with van der Waals surface area (Å²) in [6, 6.07) is 0. The van der Waals surface area contributed by atoms with Crippen molar-refractivity contribution in [2.24, 2.45) is 0 Å². The third-order valence-corrected chi connectivity index (χ3v) is 1.64. The highest BCUT2D eigenvalue weighted by Crippen LogP contribution is 2.22. The third kappa shape index (κ3) is 8.54. The standard InChI is InChI=1S/C4H10O4S2/c1-5-3-7-9-10-8-4-6-2/h3-4H2,1-2H3. The molecule has 0 fully saturated rings. The number of ether oxygens (including phenoxy) is 2. The third-order valence-electron chi connectivity index (χ3n) is 0.456. The van der Waals surface area contributed by atoms with Crippen molar-refractivity contribution in [1.82, 2.24) is 0 Å². The average Bonchev–Trinajstić information content (AvgIpc) is 1.97. The van der Waals surface area contributed by atoms with Crippen molar-refractivity contribution in [3.8, 4) is 0 Å². The van der Waals surface area contributed by atoms with Gasteiger partial charge in [0.15, 0.2) is 13.6 Å². The smallest absolute Gasteiger partial charge is 0.160 e. The van der Waals surface area contributed by atoms with Crippen molar-refractivity contribution >= 4 is 22.1 Å². The maximum atomic E-state index is 4.81. The first-order valence-electron chi connectivity index (χ1n) is 2.47. The van der Waals surface area contributed by atoms with Crippen LogP contribution < -0.4 is 0 Å². The minimum Gasteiger partial charge on any atom is -0.357 e. The van der Waals surface area contributed by atoms with E-state index in [4.69, 9.17) is 8.37 Å². The zero-order valence-corrected chi connectivity index (χ0v) is 7.50. The second kappa shape index (κ2) is 9.54. The van der Waals surface area contributed by atoms with Gasteiger partial charge >= 0.3 is 0 Å². The van der Waals surface area contributed by atoms with Gasteiger partial charge in [-0.15, -0.1) is 0 Å². The molecule has 0 aromatic rings. The SMILES string of the molecule is COCOSSOCOC. The molecule has 0 aliphatic heterocycles. The Morgan fingerprint density at radius 1 is 0.900 bits per heavy atom. The van der Waals surface area contributed by atoms with Crippen LogP contribution in [0.4, 0.5) is 0 Å². The van der Waals surface area contributed by atoms with Gasteiger partial charge < -0.3 is 9.47 Å². The number of rotatable bonds is 7. The topological polar surface area (TPSA) is 36.9 Å². The molecule has 10 heavy (non-hydrogen) atoms. The van der Waals surface area contributed by atoms with Crippen LogP contribution in [0.15, 0.2) is 0 Å². The Labute approximate surface area is 68.4 Å². The van der Waals surface area contributed by atoms with Crippen molar-refractivity contribution in [3.63, 3.8) is 0 Å². The van der Waals surface area contributed by atoms with Crippen molar-refractivity contribution in [2.45, 2.75) is 0 Å². The summed E-state index contributed by atoms with van der Waals surface area (Å²) in [5.74, 6) is 0. The van der Waals surface area contributed by atoms with E-state index in [1.165, 1.54) is 0 Å². The van der Waals surface area contributed by atoms with Gasteiger partial charge in [0.2, 0.25) is 0 Å². The van der Waals surface area contributed by atoms with E-state index in [0.29, 0.717) is 0 Å². The average molecular weight is 186 g/mol. The zero-order chi connectivity index (χ0) is 7.66. The van der Waals surface area contributed by atoms with Gasteiger partial charge in [0.05, 0.1) is 22.1 Å². The Kier molecular flexibility index (Phi) is 10.1. The van der Waals surface area contributed by atoms with Crippen LogP contribution in [0.1, 0.15) is 0 Å². The Bertz CT molecular complexity index is 55.2. The number of hydrogen-bond donors (Lipinski definition) is 0. The molecule has 0 N–H and O–H groups in total. The minimum atomic E-state index is 0.258. The van der Waals surface area contributed by atoms with Gasteiger partial charge in [0.25, 0.3) is 0 Å². The van der Waals surface area contributed by atoms with E-state index < -0.39 is 0 Å². The van der Waals surface area contributed by atoms with Gasteiger partial charge in [-0.3, -0.25) is 8.37 Å². The summed E-state index contributed by atoms with van der Waals surface area (Å²) in [5.41, 5.74) is 0. The monoisotopic (exact) mass is 186 g/mol. The molecular formula is C4H10O4S2. The first-order valence-corrected chi connectivity index (χ1v) is 4.47. The van der Waals surface area contributed by atoms with Gasteiger partial charge in [-0.05, 0) is 0 Å². The van der Waals surface area contributed by atoms with Crippen LogP contribution >= 0.6 is 22.1 Å². The summed E-state index contributed by atoms with van der Waals surface area (Å²) in [6.07, 6.45) is 0. The Morgan fingerprint density at radius 2 is 1.30 bits per heavy atom. The van der Waals surface area contributed by atoms with Crippen molar-refractivity contribution in [3.05, 3.63) is 0 Å². The highest BCUT2D eigenvalue weighted by Gasteiger charge is 1.89. The maximum absolute atomic E-state index is 4.81. The molecule has 62 valence electrons. The van der Waals surface area contributed by atoms with Crippen LogP contribution in [-0.4, -0.2) is 27.8 Å². The molecule has 4 nitrogen and oxygen atoms in total. The van der Waals surface area contributed by atoms with Crippen molar-refractivity contribution < 1.29 is 17.8 Å². The van der Waals surface area contributed by atoms with E-state index in [-0.39, 0.29) is 13.6 Å².